The molecule has 0 aliphatic carbocycles. The highest BCUT2D eigenvalue weighted by Crippen LogP contribution is 2.32. The van der Waals surface area contributed by atoms with Crippen LogP contribution >= 0.6 is 0 Å². The molecule has 2 unspecified atom stereocenters. The molecule has 0 radical (unpaired) electrons. The van der Waals surface area contributed by atoms with E-state index < -0.39 is 6.09 Å². The standard InChI is InChI=1S/C15H17N3O2/c1-10-8-18(15(19)20)9-12(10)14-7-13(16-17-14)11-5-3-2-4-6-11/h2-7,10,12H,8-9H2,1H3,(H,16,17)(H,19,20). The number of carbonyl (C=O) groups is 1. The fraction of sp³-hybridized carbons (Fsp3) is 0.333. The predicted octanol–water partition coefficient (Wildman–Crippen LogP) is 2.79. The number of benzene rings is 1. The summed E-state index contributed by atoms with van der Waals surface area (Å²) >= 11 is 0. The molecule has 1 aromatic heterocycles. The summed E-state index contributed by atoms with van der Waals surface area (Å²) in [5.41, 5.74) is 2.98. The van der Waals surface area contributed by atoms with Crippen molar-refractivity contribution < 1.29 is 9.90 Å². The van der Waals surface area contributed by atoms with Crippen LogP contribution in [0.25, 0.3) is 11.3 Å². The first-order valence-corrected chi connectivity index (χ1v) is 6.73. The Morgan fingerprint density at radius 3 is 2.75 bits per heavy atom. The fourth-order valence-electron chi connectivity index (χ4n) is 2.81. The van der Waals surface area contributed by atoms with Crippen molar-refractivity contribution >= 4 is 6.09 Å². The Hall–Kier alpha value is -2.30. The number of rotatable bonds is 2. The van der Waals surface area contributed by atoms with E-state index in [-0.39, 0.29) is 5.92 Å². The first-order valence-electron chi connectivity index (χ1n) is 6.73. The lowest BCUT2D eigenvalue weighted by molar-refractivity contribution is 0.154. The van der Waals surface area contributed by atoms with Crippen molar-refractivity contribution in [2.24, 2.45) is 5.92 Å². The average Bonchev–Trinajstić information content (AvgIpc) is 3.06. The molecule has 1 saturated heterocycles. The Morgan fingerprint density at radius 1 is 1.35 bits per heavy atom. The normalized spacial score (nSPS) is 22.1. The summed E-state index contributed by atoms with van der Waals surface area (Å²) in [7, 11) is 0. The van der Waals surface area contributed by atoms with Gasteiger partial charge in [0, 0.05) is 30.3 Å². The number of aromatic nitrogens is 2. The highest BCUT2D eigenvalue weighted by Gasteiger charge is 2.34. The van der Waals surface area contributed by atoms with Crippen LogP contribution in [0.1, 0.15) is 18.5 Å². The summed E-state index contributed by atoms with van der Waals surface area (Å²) in [6, 6.07) is 12.0. The quantitative estimate of drug-likeness (QED) is 0.882. The van der Waals surface area contributed by atoms with Crippen molar-refractivity contribution in [1.29, 1.82) is 0 Å². The third-order valence-electron chi connectivity index (χ3n) is 3.95. The van der Waals surface area contributed by atoms with E-state index in [2.05, 4.69) is 17.1 Å². The van der Waals surface area contributed by atoms with Crippen LogP contribution in [0.15, 0.2) is 36.4 Å². The van der Waals surface area contributed by atoms with E-state index in [1.807, 2.05) is 36.4 Å². The lowest BCUT2D eigenvalue weighted by Gasteiger charge is -2.11. The Labute approximate surface area is 117 Å². The SMILES string of the molecule is CC1CN(C(=O)O)CC1c1cc(-c2ccccc2)n[nH]1. The van der Waals surface area contributed by atoms with Gasteiger partial charge in [-0.25, -0.2) is 4.79 Å². The van der Waals surface area contributed by atoms with Gasteiger partial charge in [-0.15, -0.1) is 0 Å². The monoisotopic (exact) mass is 271 g/mol. The van der Waals surface area contributed by atoms with E-state index in [0.29, 0.717) is 19.0 Å². The van der Waals surface area contributed by atoms with E-state index in [9.17, 15) is 4.79 Å². The van der Waals surface area contributed by atoms with Gasteiger partial charge in [0.25, 0.3) is 0 Å². The molecule has 3 rings (SSSR count). The topological polar surface area (TPSA) is 69.2 Å². The summed E-state index contributed by atoms with van der Waals surface area (Å²) in [6.07, 6.45) is -0.845. The van der Waals surface area contributed by atoms with Crippen LogP contribution in [-0.2, 0) is 0 Å². The number of nitrogens with one attached hydrogen (secondary N) is 1. The minimum atomic E-state index is -0.845. The highest BCUT2D eigenvalue weighted by molar-refractivity contribution is 5.65. The van der Waals surface area contributed by atoms with Gasteiger partial charge in [0.05, 0.1) is 5.69 Å². The molecule has 2 heterocycles. The molecule has 2 aromatic rings. The molecular weight excluding hydrogens is 254 g/mol. The highest BCUT2D eigenvalue weighted by atomic mass is 16.4. The van der Waals surface area contributed by atoms with Crippen LogP contribution in [0, 0.1) is 5.92 Å². The molecule has 1 amide bonds. The lowest BCUT2D eigenvalue weighted by Crippen LogP contribution is -2.26. The van der Waals surface area contributed by atoms with Crippen LogP contribution in [0.4, 0.5) is 4.79 Å². The molecule has 1 fully saturated rings. The molecule has 104 valence electrons. The van der Waals surface area contributed by atoms with Gasteiger partial charge >= 0.3 is 6.09 Å². The Bertz CT molecular complexity index is 609. The van der Waals surface area contributed by atoms with Gasteiger partial charge in [-0.05, 0) is 12.0 Å². The maximum atomic E-state index is 11.1. The smallest absolute Gasteiger partial charge is 0.407 e. The predicted molar refractivity (Wildman–Crippen MR) is 75.5 cm³/mol. The van der Waals surface area contributed by atoms with Gasteiger partial charge in [-0.2, -0.15) is 5.10 Å². The number of carboxylic acid groups (broad SMARTS) is 1. The van der Waals surface area contributed by atoms with Crippen molar-refractivity contribution in [1.82, 2.24) is 15.1 Å². The summed E-state index contributed by atoms with van der Waals surface area (Å²) in [5, 5.41) is 16.5. The number of likely N-dealkylation sites (tertiary alicyclic amines) is 1. The molecule has 0 saturated carbocycles. The van der Waals surface area contributed by atoms with E-state index >= 15 is 0 Å². The second-order valence-electron chi connectivity index (χ2n) is 5.35. The molecule has 20 heavy (non-hydrogen) atoms. The Balaban J connectivity index is 1.82. The Morgan fingerprint density at radius 2 is 2.10 bits per heavy atom. The zero-order valence-corrected chi connectivity index (χ0v) is 11.3. The minimum absolute atomic E-state index is 0.191. The van der Waals surface area contributed by atoms with Crippen LogP contribution < -0.4 is 0 Å². The third-order valence-corrected chi connectivity index (χ3v) is 3.95. The second kappa shape index (κ2) is 5.00. The zero-order chi connectivity index (χ0) is 14.1. The summed E-state index contributed by atoms with van der Waals surface area (Å²) in [4.78, 5) is 12.5. The minimum Gasteiger partial charge on any atom is -0.465 e. The molecule has 2 atom stereocenters. The molecule has 0 bridgehead atoms. The molecule has 1 aromatic carbocycles. The van der Waals surface area contributed by atoms with E-state index in [0.717, 1.165) is 17.0 Å². The Kier molecular flexibility index (Phi) is 3.18. The summed E-state index contributed by atoms with van der Waals surface area (Å²) in [5.74, 6) is 0.492. The summed E-state index contributed by atoms with van der Waals surface area (Å²) < 4.78 is 0. The largest absolute Gasteiger partial charge is 0.465 e. The number of nitrogens with zero attached hydrogens (tertiary/aromatic N) is 2. The van der Waals surface area contributed by atoms with Crippen LogP contribution in [0.5, 0.6) is 0 Å². The van der Waals surface area contributed by atoms with Gasteiger partial charge in [-0.3, -0.25) is 5.10 Å². The van der Waals surface area contributed by atoms with Gasteiger partial charge in [-0.1, -0.05) is 37.3 Å². The lowest BCUT2D eigenvalue weighted by atomic mass is 9.94. The van der Waals surface area contributed by atoms with Crippen molar-refractivity contribution in [3.05, 3.63) is 42.1 Å². The first kappa shape index (κ1) is 12.7. The fourth-order valence-corrected chi connectivity index (χ4v) is 2.81. The zero-order valence-electron chi connectivity index (χ0n) is 11.3. The molecule has 2 N–H and O–H groups in total. The molecular formula is C15H17N3O2. The number of H-pyrrole nitrogens is 1. The van der Waals surface area contributed by atoms with E-state index in [1.165, 1.54) is 4.90 Å². The number of amides is 1. The second-order valence-corrected chi connectivity index (χ2v) is 5.35. The van der Waals surface area contributed by atoms with Crippen LogP contribution in [-0.4, -0.2) is 39.4 Å². The van der Waals surface area contributed by atoms with E-state index in [1.54, 1.807) is 0 Å². The molecule has 5 heteroatoms. The maximum Gasteiger partial charge on any atom is 0.407 e. The number of hydrogen-bond acceptors (Lipinski definition) is 2. The number of aromatic amines is 1. The van der Waals surface area contributed by atoms with Gasteiger partial charge in [0.2, 0.25) is 0 Å². The molecule has 5 nitrogen and oxygen atoms in total. The van der Waals surface area contributed by atoms with Crippen molar-refractivity contribution in [3.8, 4) is 11.3 Å². The molecule has 1 aliphatic heterocycles. The summed E-state index contributed by atoms with van der Waals surface area (Å²) in [6.45, 7) is 3.20. The van der Waals surface area contributed by atoms with E-state index in [4.69, 9.17) is 5.11 Å². The third kappa shape index (κ3) is 2.27. The van der Waals surface area contributed by atoms with Gasteiger partial charge in [0.1, 0.15) is 0 Å². The van der Waals surface area contributed by atoms with Gasteiger partial charge < -0.3 is 10.0 Å². The molecule has 1 aliphatic rings. The van der Waals surface area contributed by atoms with Crippen molar-refractivity contribution in [2.45, 2.75) is 12.8 Å². The molecule has 0 spiro atoms. The van der Waals surface area contributed by atoms with Crippen LogP contribution in [0.2, 0.25) is 0 Å². The van der Waals surface area contributed by atoms with Crippen LogP contribution in [0.3, 0.4) is 0 Å². The maximum absolute atomic E-state index is 11.1. The van der Waals surface area contributed by atoms with Crippen molar-refractivity contribution in [2.75, 3.05) is 13.1 Å². The first-order chi connectivity index (χ1) is 9.65. The van der Waals surface area contributed by atoms with Crippen molar-refractivity contribution in [3.63, 3.8) is 0 Å². The average molecular weight is 271 g/mol. The number of hydrogen-bond donors (Lipinski definition) is 2. The van der Waals surface area contributed by atoms with Gasteiger partial charge in [0.15, 0.2) is 0 Å².